The molecule has 0 aliphatic carbocycles. The molecule has 10 heavy (non-hydrogen) atoms. The maximum Gasteiger partial charge on any atom is 0.320 e. The molecule has 0 heterocycles. The average Bonchev–Trinajstić information content (AvgIpc) is 1.87. The van der Waals surface area contributed by atoms with Crippen molar-refractivity contribution in [2.75, 3.05) is 6.54 Å². The van der Waals surface area contributed by atoms with Gasteiger partial charge in [0.15, 0.2) is 0 Å². The molecular weight excluding hydrogens is 139 g/mol. The summed E-state index contributed by atoms with van der Waals surface area (Å²) in [7, 11) is 0. The third kappa shape index (κ3) is 3.37. The number of aliphatic carboxylic acids is 1. The summed E-state index contributed by atoms with van der Waals surface area (Å²) in [6.07, 6.45) is -1.53. The second-order valence-corrected chi connectivity index (χ2v) is 2.01. The number of carboxylic acid groups (broad SMARTS) is 1. The number of alkyl halides is 1. The largest absolute Gasteiger partial charge is 0.480 e. The maximum atomic E-state index is 12.3. The minimum Gasteiger partial charge on any atom is -0.480 e. The fourth-order valence-corrected chi connectivity index (χ4v) is 0.473. The van der Waals surface area contributed by atoms with E-state index in [-0.39, 0.29) is 13.0 Å². The number of nitrogens with two attached hydrogens (primary N) is 2. The molecule has 0 fully saturated rings. The lowest BCUT2D eigenvalue weighted by Crippen LogP contribution is -2.34. The van der Waals surface area contributed by atoms with Crippen molar-refractivity contribution in [1.29, 1.82) is 0 Å². The molecule has 0 radical (unpaired) electrons. The van der Waals surface area contributed by atoms with Crippen molar-refractivity contribution in [2.45, 2.75) is 18.6 Å². The molecule has 1 unspecified atom stereocenters. The van der Waals surface area contributed by atoms with Crippen LogP contribution in [0.4, 0.5) is 4.39 Å². The Labute approximate surface area is 58.0 Å². The van der Waals surface area contributed by atoms with E-state index >= 15 is 0 Å². The first-order valence-electron chi connectivity index (χ1n) is 2.90. The van der Waals surface area contributed by atoms with Crippen molar-refractivity contribution in [1.82, 2.24) is 0 Å². The van der Waals surface area contributed by atoms with Crippen LogP contribution in [0.5, 0.6) is 0 Å². The minimum atomic E-state index is -1.31. The normalized spacial score (nSPS) is 16.3. The van der Waals surface area contributed by atoms with Crippen molar-refractivity contribution in [3.05, 3.63) is 0 Å². The van der Waals surface area contributed by atoms with Crippen LogP contribution >= 0.6 is 0 Å². The van der Waals surface area contributed by atoms with Gasteiger partial charge in [0.1, 0.15) is 12.2 Å². The molecular formula is C5H11FN2O2. The van der Waals surface area contributed by atoms with Crippen LogP contribution in [-0.4, -0.2) is 29.8 Å². The van der Waals surface area contributed by atoms with E-state index in [0.29, 0.717) is 0 Å². The molecule has 0 spiro atoms. The van der Waals surface area contributed by atoms with Crippen LogP contribution in [0, 0.1) is 0 Å². The maximum absolute atomic E-state index is 12.3. The van der Waals surface area contributed by atoms with Gasteiger partial charge in [-0.15, -0.1) is 0 Å². The van der Waals surface area contributed by atoms with Gasteiger partial charge in [0.25, 0.3) is 0 Å². The quantitative estimate of drug-likeness (QED) is 0.483. The lowest BCUT2D eigenvalue weighted by atomic mass is 10.1. The number of rotatable bonds is 4. The molecule has 0 bridgehead atoms. The summed E-state index contributed by atoms with van der Waals surface area (Å²) in [5.41, 5.74) is 9.89. The summed E-state index contributed by atoms with van der Waals surface area (Å²) in [4.78, 5) is 10.0. The molecule has 0 saturated carbocycles. The molecule has 0 aromatic rings. The van der Waals surface area contributed by atoms with Crippen LogP contribution in [-0.2, 0) is 4.79 Å². The SMILES string of the molecule is NCC(F)C[C@H](N)C(=O)O. The van der Waals surface area contributed by atoms with Crippen molar-refractivity contribution < 1.29 is 14.3 Å². The Morgan fingerprint density at radius 1 is 1.70 bits per heavy atom. The van der Waals surface area contributed by atoms with Gasteiger partial charge in [0, 0.05) is 13.0 Å². The molecule has 0 saturated heterocycles. The number of halogens is 1. The topological polar surface area (TPSA) is 89.3 Å². The van der Waals surface area contributed by atoms with E-state index in [2.05, 4.69) is 0 Å². The number of carboxylic acids is 1. The van der Waals surface area contributed by atoms with Gasteiger partial charge in [-0.3, -0.25) is 4.79 Å². The molecule has 0 aromatic carbocycles. The summed E-state index contributed by atoms with van der Waals surface area (Å²) >= 11 is 0. The van der Waals surface area contributed by atoms with E-state index in [1.165, 1.54) is 0 Å². The minimum absolute atomic E-state index is 0.180. The number of hydrogen-bond donors (Lipinski definition) is 3. The fourth-order valence-electron chi connectivity index (χ4n) is 0.473. The number of carbonyl (C=O) groups is 1. The van der Waals surface area contributed by atoms with E-state index in [0.717, 1.165) is 0 Å². The predicted molar refractivity (Wildman–Crippen MR) is 34.2 cm³/mol. The first-order chi connectivity index (χ1) is 4.57. The Kier molecular flexibility index (Phi) is 3.90. The molecule has 5 N–H and O–H groups in total. The van der Waals surface area contributed by atoms with Crippen molar-refractivity contribution in [3.63, 3.8) is 0 Å². The fraction of sp³-hybridized carbons (Fsp3) is 0.800. The Balaban J connectivity index is 3.56. The Bertz CT molecular complexity index is 120. The van der Waals surface area contributed by atoms with Gasteiger partial charge in [-0.1, -0.05) is 0 Å². The van der Waals surface area contributed by atoms with Gasteiger partial charge >= 0.3 is 5.97 Å². The highest BCUT2D eigenvalue weighted by atomic mass is 19.1. The standard InChI is InChI=1S/C5H11FN2O2/c6-3(2-7)1-4(8)5(9)10/h3-4H,1-2,7-8H2,(H,9,10)/t3?,4-/m0/s1. The van der Waals surface area contributed by atoms with Crippen molar-refractivity contribution in [3.8, 4) is 0 Å². The van der Waals surface area contributed by atoms with E-state index in [1.54, 1.807) is 0 Å². The Morgan fingerprint density at radius 3 is 2.50 bits per heavy atom. The lowest BCUT2D eigenvalue weighted by Gasteiger charge is -2.07. The van der Waals surface area contributed by atoms with Crippen molar-refractivity contribution in [2.24, 2.45) is 11.5 Å². The summed E-state index contributed by atoms with van der Waals surface area (Å²) in [5.74, 6) is -1.20. The Hall–Kier alpha value is -0.680. The number of hydrogen-bond acceptors (Lipinski definition) is 3. The van der Waals surface area contributed by atoms with Crippen LogP contribution in [0.2, 0.25) is 0 Å². The summed E-state index contributed by atoms with van der Waals surface area (Å²) in [6, 6.07) is -1.14. The van der Waals surface area contributed by atoms with Crippen LogP contribution < -0.4 is 11.5 Å². The van der Waals surface area contributed by atoms with Gasteiger partial charge in [-0.05, 0) is 0 Å². The summed E-state index contributed by atoms with van der Waals surface area (Å²) in [5, 5.41) is 8.19. The molecule has 0 aliphatic heterocycles. The van der Waals surface area contributed by atoms with Gasteiger partial charge in [-0.25, -0.2) is 4.39 Å². The highest BCUT2D eigenvalue weighted by molar-refractivity contribution is 5.73. The third-order valence-electron chi connectivity index (χ3n) is 1.08. The molecule has 2 atom stereocenters. The van der Waals surface area contributed by atoms with E-state index in [9.17, 15) is 9.18 Å². The van der Waals surface area contributed by atoms with E-state index < -0.39 is 18.2 Å². The highest BCUT2D eigenvalue weighted by Crippen LogP contribution is 1.98. The molecule has 60 valence electrons. The first-order valence-corrected chi connectivity index (χ1v) is 2.90. The van der Waals surface area contributed by atoms with Gasteiger partial charge in [-0.2, -0.15) is 0 Å². The molecule has 0 rings (SSSR count). The van der Waals surface area contributed by atoms with E-state index in [1.807, 2.05) is 0 Å². The molecule has 5 heteroatoms. The Morgan fingerprint density at radius 2 is 2.20 bits per heavy atom. The zero-order valence-electron chi connectivity index (χ0n) is 5.46. The predicted octanol–water partition coefficient (Wildman–Crippen LogP) is -0.915. The lowest BCUT2D eigenvalue weighted by molar-refractivity contribution is -0.139. The molecule has 0 aromatic heterocycles. The second-order valence-electron chi connectivity index (χ2n) is 2.01. The van der Waals surface area contributed by atoms with Crippen molar-refractivity contribution >= 4 is 5.97 Å². The first kappa shape index (κ1) is 9.32. The zero-order chi connectivity index (χ0) is 8.15. The monoisotopic (exact) mass is 150 g/mol. The van der Waals surface area contributed by atoms with Gasteiger partial charge in [0.2, 0.25) is 0 Å². The summed E-state index contributed by atoms with van der Waals surface area (Å²) in [6.45, 7) is -0.180. The van der Waals surface area contributed by atoms with Crippen LogP contribution in [0.3, 0.4) is 0 Å². The summed E-state index contributed by atoms with van der Waals surface area (Å²) < 4.78 is 12.3. The van der Waals surface area contributed by atoms with Gasteiger partial charge < -0.3 is 16.6 Å². The third-order valence-corrected chi connectivity index (χ3v) is 1.08. The molecule has 0 amide bonds. The molecule has 4 nitrogen and oxygen atoms in total. The van der Waals surface area contributed by atoms with Crippen LogP contribution in [0.15, 0.2) is 0 Å². The van der Waals surface area contributed by atoms with Gasteiger partial charge in [0.05, 0.1) is 0 Å². The van der Waals surface area contributed by atoms with Crippen LogP contribution in [0.25, 0.3) is 0 Å². The highest BCUT2D eigenvalue weighted by Gasteiger charge is 2.16. The van der Waals surface area contributed by atoms with E-state index in [4.69, 9.17) is 16.6 Å². The van der Waals surface area contributed by atoms with Crippen LogP contribution in [0.1, 0.15) is 6.42 Å². The molecule has 0 aliphatic rings. The smallest absolute Gasteiger partial charge is 0.320 e. The second kappa shape index (κ2) is 4.19. The average molecular weight is 150 g/mol. The zero-order valence-corrected chi connectivity index (χ0v) is 5.46.